The van der Waals surface area contributed by atoms with Crippen molar-refractivity contribution in [2.24, 2.45) is 0 Å². The molecule has 0 bridgehead atoms. The van der Waals surface area contributed by atoms with Crippen LogP contribution in [0.3, 0.4) is 0 Å². The predicted molar refractivity (Wildman–Crippen MR) is 76.0 cm³/mol. The first kappa shape index (κ1) is 12.2. The minimum absolute atomic E-state index is 0.663. The van der Waals surface area contributed by atoms with E-state index in [0.29, 0.717) is 6.42 Å². The Morgan fingerprint density at radius 1 is 1.29 bits per heavy atom. The lowest BCUT2D eigenvalue weighted by atomic mass is 10.2. The fourth-order valence-corrected chi connectivity index (χ4v) is 1.90. The van der Waals surface area contributed by atoms with Gasteiger partial charge in [0.05, 0.1) is 9.99 Å². The SMILES string of the molecule is CCNc1nc(Cc2ccccn2)ncc1I. The summed E-state index contributed by atoms with van der Waals surface area (Å²) in [6, 6.07) is 5.86. The smallest absolute Gasteiger partial charge is 0.143 e. The second-order valence-electron chi connectivity index (χ2n) is 3.51. The van der Waals surface area contributed by atoms with Gasteiger partial charge in [0.25, 0.3) is 0 Å². The van der Waals surface area contributed by atoms with Crippen LogP contribution in [0.5, 0.6) is 0 Å². The maximum atomic E-state index is 4.49. The molecular weight excluding hydrogens is 327 g/mol. The van der Waals surface area contributed by atoms with Gasteiger partial charge in [-0.15, -0.1) is 0 Å². The summed E-state index contributed by atoms with van der Waals surface area (Å²) in [6.45, 7) is 2.91. The number of nitrogens with zero attached hydrogens (tertiary/aromatic N) is 3. The Labute approximate surface area is 114 Å². The molecule has 0 aliphatic rings. The van der Waals surface area contributed by atoms with Crippen molar-refractivity contribution in [1.82, 2.24) is 15.0 Å². The summed E-state index contributed by atoms with van der Waals surface area (Å²) in [5.41, 5.74) is 0.983. The Balaban J connectivity index is 2.19. The van der Waals surface area contributed by atoms with Crippen LogP contribution in [-0.4, -0.2) is 21.5 Å². The minimum atomic E-state index is 0.663. The first-order chi connectivity index (χ1) is 8.29. The number of nitrogens with one attached hydrogen (secondary N) is 1. The van der Waals surface area contributed by atoms with Crippen LogP contribution < -0.4 is 5.32 Å². The van der Waals surface area contributed by atoms with Crippen molar-refractivity contribution >= 4 is 28.4 Å². The summed E-state index contributed by atoms with van der Waals surface area (Å²) in [5.74, 6) is 1.69. The molecule has 0 spiro atoms. The molecule has 4 nitrogen and oxygen atoms in total. The van der Waals surface area contributed by atoms with E-state index in [1.54, 1.807) is 6.20 Å². The van der Waals surface area contributed by atoms with Crippen LogP contribution in [0.1, 0.15) is 18.4 Å². The van der Waals surface area contributed by atoms with Crippen LogP contribution in [0.4, 0.5) is 5.82 Å². The number of halogens is 1. The quantitative estimate of drug-likeness (QED) is 0.869. The number of anilines is 1. The highest BCUT2D eigenvalue weighted by Gasteiger charge is 2.05. The molecule has 0 atom stereocenters. The van der Waals surface area contributed by atoms with Crippen molar-refractivity contribution < 1.29 is 0 Å². The molecule has 2 rings (SSSR count). The van der Waals surface area contributed by atoms with Crippen LogP contribution in [-0.2, 0) is 6.42 Å². The molecule has 0 aromatic carbocycles. The van der Waals surface area contributed by atoms with Crippen molar-refractivity contribution in [2.45, 2.75) is 13.3 Å². The maximum absolute atomic E-state index is 4.49. The van der Waals surface area contributed by atoms with E-state index < -0.39 is 0 Å². The number of aromatic nitrogens is 3. The monoisotopic (exact) mass is 340 g/mol. The van der Waals surface area contributed by atoms with Crippen molar-refractivity contribution in [2.75, 3.05) is 11.9 Å². The van der Waals surface area contributed by atoms with Crippen LogP contribution in [0.25, 0.3) is 0 Å². The van der Waals surface area contributed by atoms with Crippen molar-refractivity contribution in [1.29, 1.82) is 0 Å². The zero-order valence-corrected chi connectivity index (χ0v) is 11.7. The van der Waals surface area contributed by atoms with Crippen molar-refractivity contribution in [3.63, 3.8) is 0 Å². The number of hydrogen-bond donors (Lipinski definition) is 1. The Morgan fingerprint density at radius 2 is 2.18 bits per heavy atom. The van der Waals surface area contributed by atoms with E-state index in [1.807, 2.05) is 24.4 Å². The third kappa shape index (κ3) is 3.36. The fraction of sp³-hybridized carbons (Fsp3) is 0.250. The molecule has 0 aliphatic heterocycles. The van der Waals surface area contributed by atoms with Crippen LogP contribution in [0.15, 0.2) is 30.6 Å². The van der Waals surface area contributed by atoms with E-state index in [0.717, 1.165) is 27.5 Å². The molecule has 0 saturated carbocycles. The summed E-state index contributed by atoms with van der Waals surface area (Å²) in [6.07, 6.45) is 4.28. The second-order valence-corrected chi connectivity index (χ2v) is 4.67. The fourth-order valence-electron chi connectivity index (χ4n) is 1.44. The van der Waals surface area contributed by atoms with E-state index in [2.05, 4.69) is 49.8 Å². The highest BCUT2D eigenvalue weighted by Crippen LogP contribution is 2.14. The average Bonchev–Trinajstić information content (AvgIpc) is 2.35. The Morgan fingerprint density at radius 3 is 2.88 bits per heavy atom. The Bertz CT molecular complexity index is 487. The van der Waals surface area contributed by atoms with Gasteiger partial charge in [-0.25, -0.2) is 9.97 Å². The number of hydrogen-bond acceptors (Lipinski definition) is 4. The zero-order chi connectivity index (χ0) is 12.1. The summed E-state index contributed by atoms with van der Waals surface area (Å²) >= 11 is 2.23. The lowest BCUT2D eigenvalue weighted by Gasteiger charge is -2.06. The van der Waals surface area contributed by atoms with Gasteiger partial charge in [0.15, 0.2) is 0 Å². The average molecular weight is 340 g/mol. The summed E-state index contributed by atoms with van der Waals surface area (Å²) in [7, 11) is 0. The number of pyridine rings is 1. The van der Waals surface area contributed by atoms with Gasteiger partial charge in [0.2, 0.25) is 0 Å². The van der Waals surface area contributed by atoms with Crippen molar-refractivity contribution in [3.8, 4) is 0 Å². The maximum Gasteiger partial charge on any atom is 0.143 e. The Kier molecular flexibility index (Phi) is 4.24. The van der Waals surface area contributed by atoms with E-state index in [-0.39, 0.29) is 0 Å². The molecule has 0 saturated heterocycles. The van der Waals surface area contributed by atoms with E-state index >= 15 is 0 Å². The number of rotatable bonds is 4. The molecule has 2 aromatic rings. The normalized spacial score (nSPS) is 10.2. The molecule has 0 amide bonds. The summed E-state index contributed by atoms with van der Waals surface area (Å²) in [4.78, 5) is 13.1. The Hall–Kier alpha value is -1.24. The molecule has 5 heteroatoms. The second kappa shape index (κ2) is 5.90. The van der Waals surface area contributed by atoms with Gasteiger partial charge >= 0.3 is 0 Å². The van der Waals surface area contributed by atoms with E-state index in [1.165, 1.54) is 0 Å². The van der Waals surface area contributed by atoms with Crippen LogP contribution >= 0.6 is 22.6 Å². The molecule has 0 unspecified atom stereocenters. The molecule has 2 heterocycles. The summed E-state index contributed by atoms with van der Waals surface area (Å²) < 4.78 is 1.04. The molecule has 0 fully saturated rings. The summed E-state index contributed by atoms with van der Waals surface area (Å²) in [5, 5.41) is 3.22. The lowest BCUT2D eigenvalue weighted by Crippen LogP contribution is -2.06. The first-order valence-corrected chi connectivity index (χ1v) is 6.52. The van der Waals surface area contributed by atoms with Gasteiger partial charge in [0.1, 0.15) is 11.6 Å². The van der Waals surface area contributed by atoms with Gasteiger partial charge < -0.3 is 5.32 Å². The molecular formula is C12H13IN4. The van der Waals surface area contributed by atoms with Gasteiger partial charge in [-0.1, -0.05) is 6.07 Å². The largest absolute Gasteiger partial charge is 0.369 e. The van der Waals surface area contributed by atoms with Crippen LogP contribution in [0.2, 0.25) is 0 Å². The first-order valence-electron chi connectivity index (χ1n) is 5.44. The predicted octanol–water partition coefficient (Wildman–Crippen LogP) is 2.50. The zero-order valence-electron chi connectivity index (χ0n) is 9.52. The molecule has 0 radical (unpaired) electrons. The van der Waals surface area contributed by atoms with Crippen LogP contribution in [0, 0.1) is 3.57 Å². The van der Waals surface area contributed by atoms with Gasteiger partial charge in [-0.2, -0.15) is 0 Å². The molecule has 1 N–H and O–H groups in total. The van der Waals surface area contributed by atoms with Gasteiger partial charge in [-0.3, -0.25) is 4.98 Å². The molecule has 2 aromatic heterocycles. The minimum Gasteiger partial charge on any atom is -0.369 e. The molecule has 88 valence electrons. The van der Waals surface area contributed by atoms with Gasteiger partial charge in [0, 0.05) is 24.6 Å². The van der Waals surface area contributed by atoms with E-state index in [4.69, 9.17) is 0 Å². The molecule has 0 aliphatic carbocycles. The lowest BCUT2D eigenvalue weighted by molar-refractivity contribution is 0.927. The third-order valence-electron chi connectivity index (χ3n) is 2.20. The highest BCUT2D eigenvalue weighted by atomic mass is 127. The molecule has 17 heavy (non-hydrogen) atoms. The van der Waals surface area contributed by atoms with E-state index in [9.17, 15) is 0 Å². The van der Waals surface area contributed by atoms with Crippen molar-refractivity contribution in [3.05, 3.63) is 45.7 Å². The topological polar surface area (TPSA) is 50.7 Å². The standard InChI is InChI=1S/C12H13IN4/c1-2-14-12-10(13)8-16-11(17-12)7-9-5-3-4-6-15-9/h3-6,8H,2,7H2,1H3,(H,14,16,17). The van der Waals surface area contributed by atoms with Gasteiger partial charge in [-0.05, 0) is 41.6 Å². The highest BCUT2D eigenvalue weighted by molar-refractivity contribution is 14.1. The third-order valence-corrected chi connectivity index (χ3v) is 2.99.